The molecule has 178 valence electrons. The number of hydrogen-bond donors (Lipinski definition) is 1. The summed E-state index contributed by atoms with van der Waals surface area (Å²) in [4.78, 5) is 27.3. The molecule has 8 heteroatoms. The van der Waals surface area contributed by atoms with Crippen LogP contribution in [0.4, 0.5) is 5.69 Å². The minimum absolute atomic E-state index is 0.132. The first-order chi connectivity index (χ1) is 15.3. The Morgan fingerprint density at radius 2 is 1.48 bits per heavy atom. The monoisotopic (exact) mass is 471 g/mol. The summed E-state index contributed by atoms with van der Waals surface area (Å²) in [6.45, 7) is 12.1. The van der Waals surface area contributed by atoms with Gasteiger partial charge in [0.15, 0.2) is 0 Å². The zero-order valence-electron chi connectivity index (χ0n) is 20.2. The van der Waals surface area contributed by atoms with E-state index in [1.807, 2.05) is 53.7 Å². The number of sulfonamides is 1. The second-order valence-corrected chi connectivity index (χ2v) is 11.6. The molecule has 2 amide bonds. The molecule has 0 radical (unpaired) electrons. The van der Waals surface area contributed by atoms with Crippen molar-refractivity contribution in [3.05, 3.63) is 58.7 Å². The predicted molar refractivity (Wildman–Crippen MR) is 130 cm³/mol. The van der Waals surface area contributed by atoms with Gasteiger partial charge in [0, 0.05) is 42.8 Å². The molecule has 0 aliphatic carbocycles. The van der Waals surface area contributed by atoms with Crippen LogP contribution in [0.2, 0.25) is 0 Å². The molecule has 0 unspecified atom stereocenters. The van der Waals surface area contributed by atoms with E-state index in [1.165, 1.54) is 4.31 Å². The van der Waals surface area contributed by atoms with E-state index in [1.54, 1.807) is 29.2 Å². The van der Waals surface area contributed by atoms with Gasteiger partial charge in [0.25, 0.3) is 5.91 Å². The van der Waals surface area contributed by atoms with Gasteiger partial charge in [-0.2, -0.15) is 4.31 Å². The third kappa shape index (κ3) is 5.45. The number of rotatable bonds is 4. The quantitative estimate of drug-likeness (QED) is 0.736. The van der Waals surface area contributed by atoms with Gasteiger partial charge in [0.05, 0.1) is 4.90 Å². The first-order valence-electron chi connectivity index (χ1n) is 11.1. The molecule has 1 fully saturated rings. The van der Waals surface area contributed by atoms with Crippen LogP contribution >= 0.6 is 0 Å². The van der Waals surface area contributed by atoms with E-state index in [9.17, 15) is 18.0 Å². The van der Waals surface area contributed by atoms with Crippen molar-refractivity contribution in [3.8, 4) is 0 Å². The number of nitrogens with one attached hydrogen (secondary N) is 1. The lowest BCUT2D eigenvalue weighted by Gasteiger charge is -2.34. The number of nitrogens with zero attached hydrogens (tertiary/aromatic N) is 2. The fraction of sp³-hybridized carbons (Fsp3) is 0.440. The molecule has 2 aromatic carbocycles. The van der Waals surface area contributed by atoms with Crippen LogP contribution in [0.5, 0.6) is 0 Å². The van der Waals surface area contributed by atoms with Crippen LogP contribution in [0.25, 0.3) is 0 Å². The van der Waals surface area contributed by atoms with Gasteiger partial charge in [-0.25, -0.2) is 8.42 Å². The van der Waals surface area contributed by atoms with Crippen LogP contribution < -0.4 is 5.32 Å². The fourth-order valence-electron chi connectivity index (χ4n) is 4.07. The van der Waals surface area contributed by atoms with Crippen LogP contribution in [-0.2, 0) is 14.8 Å². The zero-order chi connectivity index (χ0) is 24.6. The van der Waals surface area contributed by atoms with E-state index in [0.717, 1.165) is 16.7 Å². The lowest BCUT2D eigenvalue weighted by Crippen LogP contribution is -2.50. The summed E-state index contributed by atoms with van der Waals surface area (Å²) < 4.78 is 28.1. The second kappa shape index (κ2) is 9.27. The Labute approximate surface area is 196 Å². The van der Waals surface area contributed by atoms with Gasteiger partial charge in [0.2, 0.25) is 15.9 Å². The average Bonchev–Trinajstić information content (AvgIpc) is 2.72. The smallest absolute Gasteiger partial charge is 0.254 e. The van der Waals surface area contributed by atoms with Gasteiger partial charge in [-0.05, 0) is 50.1 Å². The third-order valence-electron chi connectivity index (χ3n) is 5.78. The Balaban J connectivity index is 1.71. The second-order valence-electron chi connectivity index (χ2n) is 9.71. The molecule has 3 rings (SSSR count). The Morgan fingerprint density at radius 3 is 2.03 bits per heavy atom. The number of carbonyl (C=O) groups excluding carboxylic acids is 2. The van der Waals surface area contributed by atoms with E-state index in [4.69, 9.17) is 0 Å². The molecular weight excluding hydrogens is 438 g/mol. The van der Waals surface area contributed by atoms with Crippen LogP contribution in [0.15, 0.2) is 41.3 Å². The molecule has 0 saturated carbocycles. The Hall–Kier alpha value is -2.71. The maximum Gasteiger partial charge on any atom is 0.254 e. The van der Waals surface area contributed by atoms with E-state index in [2.05, 4.69) is 5.32 Å². The van der Waals surface area contributed by atoms with Gasteiger partial charge in [0.1, 0.15) is 0 Å². The minimum atomic E-state index is -3.64. The summed E-state index contributed by atoms with van der Waals surface area (Å²) >= 11 is 0. The molecule has 2 aromatic rings. The molecule has 1 aliphatic heterocycles. The average molecular weight is 472 g/mol. The van der Waals surface area contributed by atoms with Crippen LogP contribution in [0.3, 0.4) is 0 Å². The normalized spacial score (nSPS) is 15.4. The van der Waals surface area contributed by atoms with Crippen molar-refractivity contribution in [2.45, 2.75) is 46.4 Å². The third-order valence-corrected chi connectivity index (χ3v) is 7.98. The summed E-state index contributed by atoms with van der Waals surface area (Å²) in [5.41, 5.74) is 2.98. The molecule has 33 heavy (non-hydrogen) atoms. The topological polar surface area (TPSA) is 86.8 Å². The van der Waals surface area contributed by atoms with Gasteiger partial charge >= 0.3 is 0 Å². The lowest BCUT2D eigenvalue weighted by atomic mass is 9.95. The fourth-order valence-corrected chi connectivity index (χ4v) is 5.90. The number of aryl methyl sites for hydroxylation is 3. The summed E-state index contributed by atoms with van der Waals surface area (Å²) in [7, 11) is -3.64. The maximum absolute atomic E-state index is 13.3. The highest BCUT2D eigenvalue weighted by atomic mass is 32.2. The van der Waals surface area contributed by atoms with E-state index >= 15 is 0 Å². The number of benzene rings is 2. The molecule has 0 spiro atoms. The van der Waals surface area contributed by atoms with Crippen molar-refractivity contribution in [2.24, 2.45) is 5.41 Å². The van der Waals surface area contributed by atoms with Gasteiger partial charge in [-0.15, -0.1) is 0 Å². The predicted octanol–water partition coefficient (Wildman–Crippen LogP) is 3.74. The van der Waals surface area contributed by atoms with Crippen molar-refractivity contribution < 1.29 is 18.0 Å². The number of hydrogen-bond acceptors (Lipinski definition) is 4. The maximum atomic E-state index is 13.3. The highest BCUT2D eigenvalue weighted by molar-refractivity contribution is 7.89. The van der Waals surface area contributed by atoms with E-state index in [0.29, 0.717) is 29.2 Å². The van der Waals surface area contributed by atoms with Gasteiger partial charge in [-0.3, -0.25) is 9.59 Å². The Morgan fingerprint density at radius 1 is 0.909 bits per heavy atom. The highest BCUT2D eigenvalue weighted by Gasteiger charge is 2.32. The summed E-state index contributed by atoms with van der Waals surface area (Å²) in [5.74, 6) is -0.311. The SMILES string of the molecule is Cc1cc(C)c(S(=O)(=O)N2CCN(C(=O)c3cccc(NC(=O)C(C)(C)C)c3)CC2)c(C)c1. The van der Waals surface area contributed by atoms with Crippen molar-refractivity contribution >= 4 is 27.5 Å². The molecule has 0 bridgehead atoms. The standard InChI is InChI=1S/C25H33N3O4S/c1-17-14-18(2)22(19(3)15-17)33(31,32)28-12-10-27(11-13-28)23(29)20-8-7-9-21(16-20)26-24(30)25(4,5)6/h7-9,14-16H,10-13H2,1-6H3,(H,26,30). The summed E-state index contributed by atoms with van der Waals surface area (Å²) in [6, 6.07) is 10.6. The number of anilines is 1. The largest absolute Gasteiger partial charge is 0.336 e. The molecule has 1 aliphatic rings. The van der Waals surface area contributed by atoms with Crippen LogP contribution in [0.1, 0.15) is 47.8 Å². The van der Waals surface area contributed by atoms with Gasteiger partial charge < -0.3 is 10.2 Å². The van der Waals surface area contributed by atoms with Gasteiger partial charge in [-0.1, -0.05) is 44.5 Å². The zero-order valence-corrected chi connectivity index (χ0v) is 21.0. The Kier molecular flexibility index (Phi) is 7.00. The van der Waals surface area contributed by atoms with Crippen molar-refractivity contribution in [1.29, 1.82) is 0 Å². The van der Waals surface area contributed by atoms with E-state index < -0.39 is 15.4 Å². The Bertz CT molecular complexity index is 1150. The first kappa shape index (κ1) is 24.9. The lowest BCUT2D eigenvalue weighted by molar-refractivity contribution is -0.123. The van der Waals surface area contributed by atoms with Crippen LogP contribution in [-0.4, -0.2) is 55.6 Å². The summed E-state index contributed by atoms with van der Waals surface area (Å²) in [6.07, 6.45) is 0. The molecule has 0 aromatic heterocycles. The molecule has 1 N–H and O–H groups in total. The molecule has 0 atom stereocenters. The molecule has 1 heterocycles. The minimum Gasteiger partial charge on any atom is -0.336 e. The molecular formula is C25H33N3O4S. The van der Waals surface area contributed by atoms with E-state index in [-0.39, 0.29) is 24.9 Å². The highest BCUT2D eigenvalue weighted by Crippen LogP contribution is 2.26. The number of piperazine rings is 1. The van der Waals surface area contributed by atoms with Crippen molar-refractivity contribution in [1.82, 2.24) is 9.21 Å². The van der Waals surface area contributed by atoms with Crippen LogP contribution in [0, 0.1) is 26.2 Å². The van der Waals surface area contributed by atoms with Crippen molar-refractivity contribution in [2.75, 3.05) is 31.5 Å². The first-order valence-corrected chi connectivity index (χ1v) is 12.5. The number of carbonyl (C=O) groups is 2. The summed E-state index contributed by atoms with van der Waals surface area (Å²) in [5, 5.41) is 2.84. The molecule has 1 saturated heterocycles. The van der Waals surface area contributed by atoms with Crippen molar-refractivity contribution in [3.63, 3.8) is 0 Å². The number of amides is 2. The molecule has 7 nitrogen and oxygen atoms in total.